The first-order chi connectivity index (χ1) is 17.2. The van der Waals surface area contributed by atoms with Crippen LogP contribution in [-0.4, -0.2) is 56.3 Å². The molecular formula is C27H25FN6O. The fourth-order valence-corrected chi connectivity index (χ4v) is 4.63. The Bertz CT molecular complexity index is 1470. The van der Waals surface area contributed by atoms with E-state index in [2.05, 4.69) is 30.0 Å². The van der Waals surface area contributed by atoms with Crippen LogP contribution in [0.25, 0.3) is 44.8 Å². The van der Waals surface area contributed by atoms with Gasteiger partial charge in [0.25, 0.3) is 0 Å². The normalized spacial score (nSPS) is 14.1. The van der Waals surface area contributed by atoms with E-state index in [0.717, 1.165) is 59.0 Å². The van der Waals surface area contributed by atoms with E-state index in [1.54, 1.807) is 30.7 Å². The molecular weight excluding hydrogens is 443 g/mol. The highest BCUT2D eigenvalue weighted by atomic mass is 19.1. The summed E-state index contributed by atoms with van der Waals surface area (Å²) in [5.41, 5.74) is 5.26. The van der Waals surface area contributed by atoms with Gasteiger partial charge in [-0.25, -0.2) is 9.37 Å². The molecule has 0 saturated carbocycles. The van der Waals surface area contributed by atoms with E-state index in [9.17, 15) is 4.39 Å². The zero-order chi connectivity index (χ0) is 23.6. The van der Waals surface area contributed by atoms with Gasteiger partial charge in [0.2, 0.25) is 0 Å². The molecule has 176 valence electrons. The van der Waals surface area contributed by atoms with Crippen molar-refractivity contribution in [2.75, 3.05) is 26.2 Å². The van der Waals surface area contributed by atoms with Gasteiger partial charge in [-0.2, -0.15) is 5.10 Å². The topological polar surface area (TPSA) is 82.7 Å². The lowest BCUT2D eigenvalue weighted by atomic mass is 10.0. The number of rotatable bonds is 7. The average Bonchev–Trinajstić information content (AvgIpc) is 3.65. The molecule has 8 heteroatoms. The monoisotopic (exact) mass is 468 g/mol. The minimum atomic E-state index is -0.264. The summed E-state index contributed by atoms with van der Waals surface area (Å²) in [5, 5.41) is 8.42. The highest BCUT2D eigenvalue weighted by Crippen LogP contribution is 2.33. The summed E-state index contributed by atoms with van der Waals surface area (Å²) in [6.45, 7) is 3.89. The molecule has 0 amide bonds. The zero-order valence-corrected chi connectivity index (χ0v) is 19.2. The Hall–Kier alpha value is -4.04. The number of fused-ring (bicyclic) bond motifs is 1. The molecule has 1 aromatic carbocycles. The Labute approximate surface area is 202 Å². The molecule has 2 N–H and O–H groups in total. The molecule has 0 aliphatic carbocycles. The van der Waals surface area contributed by atoms with Crippen LogP contribution in [0.3, 0.4) is 0 Å². The molecule has 35 heavy (non-hydrogen) atoms. The van der Waals surface area contributed by atoms with Crippen LogP contribution < -0.4 is 4.74 Å². The molecule has 1 aliphatic rings. The Morgan fingerprint density at radius 2 is 1.86 bits per heavy atom. The molecule has 5 aromatic rings. The standard InChI is InChI=1S/C27H25FN6O/c28-23-6-2-1-5-21(23)20-7-8-30-27-22(20)14-25(31-27)26-15-24(32-33-26)18-13-19(17-29-16-18)35-12-11-34-9-3-4-10-34/h1-2,5-8,13-17H,3-4,9-12H2,(H,30,31)(H,32,33). The number of aromatic amines is 2. The average molecular weight is 469 g/mol. The Kier molecular flexibility index (Phi) is 5.71. The highest BCUT2D eigenvalue weighted by Gasteiger charge is 2.15. The third-order valence-corrected chi connectivity index (χ3v) is 6.45. The van der Waals surface area contributed by atoms with E-state index in [4.69, 9.17) is 4.74 Å². The number of nitrogens with one attached hydrogen (secondary N) is 2. The number of benzene rings is 1. The van der Waals surface area contributed by atoms with Crippen molar-refractivity contribution in [1.82, 2.24) is 30.0 Å². The van der Waals surface area contributed by atoms with Crippen LogP contribution in [0, 0.1) is 5.82 Å². The number of hydrogen-bond acceptors (Lipinski definition) is 5. The summed E-state index contributed by atoms with van der Waals surface area (Å²) in [7, 11) is 0. The van der Waals surface area contributed by atoms with E-state index < -0.39 is 0 Å². The van der Waals surface area contributed by atoms with E-state index in [1.165, 1.54) is 18.9 Å². The largest absolute Gasteiger partial charge is 0.491 e. The van der Waals surface area contributed by atoms with Crippen molar-refractivity contribution < 1.29 is 9.13 Å². The van der Waals surface area contributed by atoms with Crippen molar-refractivity contribution in [2.45, 2.75) is 12.8 Å². The molecule has 0 unspecified atom stereocenters. The molecule has 6 rings (SSSR count). The molecule has 0 bridgehead atoms. The van der Waals surface area contributed by atoms with Crippen LogP contribution in [0.2, 0.25) is 0 Å². The Morgan fingerprint density at radius 1 is 0.971 bits per heavy atom. The van der Waals surface area contributed by atoms with Gasteiger partial charge in [-0.3, -0.25) is 15.0 Å². The number of aromatic nitrogens is 5. The van der Waals surface area contributed by atoms with Gasteiger partial charge in [0.05, 0.1) is 17.6 Å². The summed E-state index contributed by atoms with van der Waals surface area (Å²) < 4.78 is 20.4. The fraction of sp³-hybridized carbons (Fsp3) is 0.222. The first kappa shape index (κ1) is 21.5. The van der Waals surface area contributed by atoms with Crippen LogP contribution >= 0.6 is 0 Å². The second-order valence-electron chi connectivity index (χ2n) is 8.76. The lowest BCUT2D eigenvalue weighted by molar-refractivity contribution is 0.237. The number of H-pyrrole nitrogens is 2. The molecule has 0 spiro atoms. The van der Waals surface area contributed by atoms with Gasteiger partial charge in [0, 0.05) is 35.5 Å². The summed E-state index contributed by atoms with van der Waals surface area (Å²) in [6, 6.07) is 14.5. The Balaban J connectivity index is 1.24. The number of nitrogens with zero attached hydrogens (tertiary/aromatic N) is 4. The SMILES string of the molecule is Fc1ccccc1-c1ccnc2[nH]c(-c3cc(-c4cncc(OCCN5CCCC5)c4)[nH]n3)cc12. The van der Waals surface area contributed by atoms with Crippen LogP contribution in [0.4, 0.5) is 4.39 Å². The number of hydrogen-bond donors (Lipinski definition) is 2. The summed E-state index contributed by atoms with van der Waals surface area (Å²) >= 11 is 0. The van der Waals surface area contributed by atoms with Gasteiger partial charge in [0.15, 0.2) is 0 Å². The summed E-state index contributed by atoms with van der Waals surface area (Å²) in [6.07, 6.45) is 7.75. The van der Waals surface area contributed by atoms with Gasteiger partial charge in [-0.05, 0) is 61.8 Å². The van der Waals surface area contributed by atoms with Crippen LogP contribution in [0.1, 0.15) is 12.8 Å². The van der Waals surface area contributed by atoms with E-state index in [0.29, 0.717) is 17.8 Å². The van der Waals surface area contributed by atoms with Crippen LogP contribution in [0.5, 0.6) is 5.75 Å². The van der Waals surface area contributed by atoms with Crippen molar-refractivity contribution in [3.8, 4) is 39.5 Å². The predicted octanol–water partition coefficient (Wildman–Crippen LogP) is 5.30. The minimum Gasteiger partial charge on any atom is -0.491 e. The lowest BCUT2D eigenvalue weighted by Gasteiger charge is -2.14. The number of likely N-dealkylation sites (tertiary alicyclic amines) is 1. The molecule has 1 aliphatic heterocycles. The minimum absolute atomic E-state index is 0.264. The van der Waals surface area contributed by atoms with Crippen molar-refractivity contribution in [3.63, 3.8) is 0 Å². The zero-order valence-electron chi connectivity index (χ0n) is 19.2. The van der Waals surface area contributed by atoms with Crippen LogP contribution in [-0.2, 0) is 0 Å². The smallest absolute Gasteiger partial charge is 0.138 e. The summed E-state index contributed by atoms with van der Waals surface area (Å²) in [5.74, 6) is 0.474. The first-order valence-corrected chi connectivity index (χ1v) is 11.8. The highest BCUT2D eigenvalue weighted by molar-refractivity contribution is 5.96. The predicted molar refractivity (Wildman–Crippen MR) is 133 cm³/mol. The molecule has 7 nitrogen and oxygen atoms in total. The number of halogens is 1. The fourth-order valence-electron chi connectivity index (χ4n) is 4.63. The molecule has 1 saturated heterocycles. The number of ether oxygens (including phenoxy) is 1. The van der Waals surface area contributed by atoms with Gasteiger partial charge < -0.3 is 9.72 Å². The summed E-state index contributed by atoms with van der Waals surface area (Å²) in [4.78, 5) is 14.5. The number of pyridine rings is 2. The van der Waals surface area contributed by atoms with E-state index >= 15 is 0 Å². The van der Waals surface area contributed by atoms with Crippen LogP contribution in [0.15, 0.2) is 67.1 Å². The molecule has 0 radical (unpaired) electrons. The van der Waals surface area contributed by atoms with Crippen molar-refractivity contribution in [1.29, 1.82) is 0 Å². The second-order valence-corrected chi connectivity index (χ2v) is 8.76. The van der Waals surface area contributed by atoms with E-state index in [1.807, 2.05) is 30.3 Å². The third kappa shape index (κ3) is 4.40. The Morgan fingerprint density at radius 3 is 2.74 bits per heavy atom. The van der Waals surface area contributed by atoms with Crippen molar-refractivity contribution in [3.05, 3.63) is 72.9 Å². The van der Waals surface area contributed by atoms with Gasteiger partial charge in [-0.15, -0.1) is 0 Å². The first-order valence-electron chi connectivity index (χ1n) is 11.8. The second kappa shape index (κ2) is 9.31. The maximum Gasteiger partial charge on any atom is 0.138 e. The molecule has 1 fully saturated rings. The lowest BCUT2D eigenvalue weighted by Crippen LogP contribution is -2.25. The van der Waals surface area contributed by atoms with Gasteiger partial charge in [0.1, 0.15) is 29.5 Å². The van der Waals surface area contributed by atoms with Crippen molar-refractivity contribution in [2.24, 2.45) is 0 Å². The maximum absolute atomic E-state index is 14.4. The van der Waals surface area contributed by atoms with Gasteiger partial charge in [-0.1, -0.05) is 18.2 Å². The third-order valence-electron chi connectivity index (χ3n) is 6.45. The molecule has 5 heterocycles. The molecule has 4 aromatic heterocycles. The maximum atomic E-state index is 14.4. The quantitative estimate of drug-likeness (QED) is 0.339. The van der Waals surface area contributed by atoms with Crippen molar-refractivity contribution >= 4 is 11.0 Å². The molecule has 0 atom stereocenters. The van der Waals surface area contributed by atoms with Gasteiger partial charge >= 0.3 is 0 Å². The van der Waals surface area contributed by atoms with E-state index in [-0.39, 0.29) is 5.82 Å².